The zero-order valence-corrected chi connectivity index (χ0v) is 12.2. The van der Waals surface area contributed by atoms with E-state index >= 15 is 0 Å². The van der Waals surface area contributed by atoms with Crippen molar-refractivity contribution in [2.45, 2.75) is 32.6 Å². The number of hydrogen-bond donors (Lipinski definition) is 2. The van der Waals surface area contributed by atoms with Crippen LogP contribution in [0.15, 0.2) is 36.7 Å². The average Bonchev–Trinajstić information content (AvgIpc) is 2.98. The molecule has 0 unspecified atom stereocenters. The predicted molar refractivity (Wildman–Crippen MR) is 82.9 cm³/mol. The Morgan fingerprint density at radius 3 is 2.90 bits per heavy atom. The Bertz CT molecular complexity index is 579. The molecule has 21 heavy (non-hydrogen) atoms. The molecule has 1 heterocycles. The maximum atomic E-state index is 11.0. The summed E-state index contributed by atoms with van der Waals surface area (Å²) in [6.07, 6.45) is 7.02. The summed E-state index contributed by atoms with van der Waals surface area (Å²) in [6.45, 7) is 3.10. The Kier molecular flexibility index (Phi) is 5.37. The highest BCUT2D eigenvalue weighted by Crippen LogP contribution is 2.20. The van der Waals surface area contributed by atoms with E-state index in [1.165, 1.54) is 12.8 Å². The molecular weight excluding hydrogens is 266 g/mol. The van der Waals surface area contributed by atoms with Crippen molar-refractivity contribution in [2.75, 3.05) is 11.9 Å². The number of hydrogen-bond acceptors (Lipinski definition) is 3. The number of anilines is 1. The van der Waals surface area contributed by atoms with Crippen LogP contribution in [0, 0.1) is 0 Å². The number of carbonyl (C=O) groups is 1. The number of carboxylic acids is 1. The van der Waals surface area contributed by atoms with Crippen molar-refractivity contribution >= 4 is 11.7 Å². The molecule has 1 aromatic carbocycles. The van der Waals surface area contributed by atoms with Crippen LogP contribution in [0.3, 0.4) is 0 Å². The van der Waals surface area contributed by atoms with E-state index < -0.39 is 5.97 Å². The second-order valence-electron chi connectivity index (χ2n) is 5.00. The van der Waals surface area contributed by atoms with Crippen molar-refractivity contribution in [3.63, 3.8) is 0 Å². The maximum absolute atomic E-state index is 11.0. The van der Waals surface area contributed by atoms with Gasteiger partial charge in [0.15, 0.2) is 0 Å². The van der Waals surface area contributed by atoms with Gasteiger partial charge in [0.2, 0.25) is 0 Å². The summed E-state index contributed by atoms with van der Waals surface area (Å²) in [5.74, 6) is -0.841. The Labute approximate surface area is 124 Å². The van der Waals surface area contributed by atoms with E-state index in [1.807, 2.05) is 30.5 Å². The smallest absolute Gasteiger partial charge is 0.307 e. The highest BCUT2D eigenvalue weighted by molar-refractivity contribution is 5.72. The van der Waals surface area contributed by atoms with Gasteiger partial charge >= 0.3 is 5.97 Å². The normalized spacial score (nSPS) is 10.5. The van der Waals surface area contributed by atoms with Gasteiger partial charge in [0.05, 0.1) is 12.1 Å². The van der Waals surface area contributed by atoms with Gasteiger partial charge in [-0.3, -0.25) is 4.79 Å². The first-order chi connectivity index (χ1) is 10.2. The minimum absolute atomic E-state index is 0.00862. The van der Waals surface area contributed by atoms with Crippen LogP contribution in [-0.2, 0) is 11.2 Å². The van der Waals surface area contributed by atoms with E-state index in [1.54, 1.807) is 10.9 Å². The lowest BCUT2D eigenvalue weighted by molar-refractivity contribution is -0.136. The summed E-state index contributed by atoms with van der Waals surface area (Å²) in [7, 11) is 0. The minimum Gasteiger partial charge on any atom is -0.481 e. The summed E-state index contributed by atoms with van der Waals surface area (Å²) in [5.41, 5.74) is 2.55. The third-order valence-electron chi connectivity index (χ3n) is 3.29. The van der Waals surface area contributed by atoms with Crippen LogP contribution < -0.4 is 5.32 Å². The van der Waals surface area contributed by atoms with Crippen molar-refractivity contribution in [3.8, 4) is 5.69 Å². The maximum Gasteiger partial charge on any atom is 0.307 e. The molecule has 1 aromatic heterocycles. The predicted octanol–water partition coefficient (Wildman–Crippen LogP) is 3.10. The molecule has 2 rings (SSSR count). The molecule has 0 aliphatic heterocycles. The van der Waals surface area contributed by atoms with E-state index in [0.717, 1.165) is 29.9 Å². The monoisotopic (exact) mass is 287 g/mol. The van der Waals surface area contributed by atoms with Crippen molar-refractivity contribution in [2.24, 2.45) is 0 Å². The highest BCUT2D eigenvalue weighted by Gasteiger charge is 2.10. The molecule has 2 N–H and O–H groups in total. The topological polar surface area (TPSA) is 67.2 Å². The number of rotatable bonds is 8. The fraction of sp³-hybridized carbons (Fsp3) is 0.375. The average molecular weight is 287 g/mol. The first-order valence-electron chi connectivity index (χ1n) is 7.29. The number of nitrogens with one attached hydrogen (secondary N) is 1. The first-order valence-corrected chi connectivity index (χ1v) is 7.29. The molecule has 0 aliphatic rings. The molecule has 2 aromatic rings. The Morgan fingerprint density at radius 1 is 1.38 bits per heavy atom. The zero-order chi connectivity index (χ0) is 15.1. The molecule has 0 radical (unpaired) electrons. The highest BCUT2D eigenvalue weighted by atomic mass is 16.4. The van der Waals surface area contributed by atoms with Crippen LogP contribution in [0.4, 0.5) is 5.69 Å². The minimum atomic E-state index is -0.841. The number of nitrogens with zero attached hydrogens (tertiary/aromatic N) is 2. The van der Waals surface area contributed by atoms with Crippen LogP contribution in [-0.4, -0.2) is 27.4 Å². The largest absolute Gasteiger partial charge is 0.481 e. The number of benzene rings is 1. The van der Waals surface area contributed by atoms with Crippen LogP contribution in [0.25, 0.3) is 5.69 Å². The summed E-state index contributed by atoms with van der Waals surface area (Å²) >= 11 is 0. The van der Waals surface area contributed by atoms with E-state index in [9.17, 15) is 4.79 Å². The Morgan fingerprint density at radius 2 is 2.24 bits per heavy atom. The Hall–Kier alpha value is -2.30. The van der Waals surface area contributed by atoms with Crippen LogP contribution >= 0.6 is 0 Å². The summed E-state index contributed by atoms with van der Waals surface area (Å²) < 4.78 is 1.70. The lowest BCUT2D eigenvalue weighted by atomic mass is 10.1. The fourth-order valence-electron chi connectivity index (χ4n) is 2.22. The number of aromatic nitrogens is 2. The van der Waals surface area contributed by atoms with E-state index in [4.69, 9.17) is 5.11 Å². The second kappa shape index (κ2) is 7.47. The van der Waals surface area contributed by atoms with Crippen molar-refractivity contribution in [3.05, 3.63) is 42.2 Å². The lowest BCUT2D eigenvalue weighted by Crippen LogP contribution is -2.08. The zero-order valence-electron chi connectivity index (χ0n) is 12.2. The lowest BCUT2D eigenvalue weighted by Gasteiger charge is -2.12. The van der Waals surface area contributed by atoms with E-state index in [-0.39, 0.29) is 6.42 Å². The van der Waals surface area contributed by atoms with Crippen LogP contribution in [0.1, 0.15) is 31.7 Å². The van der Waals surface area contributed by atoms with Gasteiger partial charge in [-0.1, -0.05) is 25.8 Å². The number of aliphatic carboxylic acids is 1. The van der Waals surface area contributed by atoms with Gasteiger partial charge in [0, 0.05) is 24.6 Å². The third-order valence-corrected chi connectivity index (χ3v) is 3.29. The van der Waals surface area contributed by atoms with Gasteiger partial charge in [0.1, 0.15) is 0 Å². The van der Waals surface area contributed by atoms with Crippen LogP contribution in [0.2, 0.25) is 0 Å². The second-order valence-corrected chi connectivity index (χ2v) is 5.00. The van der Waals surface area contributed by atoms with E-state index in [0.29, 0.717) is 0 Å². The third kappa shape index (κ3) is 4.34. The summed E-state index contributed by atoms with van der Waals surface area (Å²) in [6, 6.07) is 7.56. The summed E-state index contributed by atoms with van der Waals surface area (Å²) in [4.78, 5) is 11.0. The number of unbranched alkanes of at least 4 members (excludes halogenated alkanes) is 2. The van der Waals surface area contributed by atoms with Gasteiger partial charge in [-0.15, -0.1) is 0 Å². The molecule has 0 fully saturated rings. The van der Waals surface area contributed by atoms with Gasteiger partial charge < -0.3 is 10.4 Å². The molecule has 0 bridgehead atoms. The summed E-state index contributed by atoms with van der Waals surface area (Å²) in [5, 5.41) is 16.6. The number of carboxylic acid groups (broad SMARTS) is 1. The standard InChI is InChI=1S/C16H21N3O2/c1-2-3-4-8-17-14-7-6-13(11-16(20)21)15(12-14)19-10-5-9-18-19/h5-7,9-10,12,17H,2-4,8,11H2,1H3,(H,20,21). The molecule has 112 valence electrons. The fourth-order valence-corrected chi connectivity index (χ4v) is 2.22. The SMILES string of the molecule is CCCCCNc1ccc(CC(=O)O)c(-n2cccn2)c1. The molecule has 0 aliphatic carbocycles. The molecule has 0 saturated carbocycles. The van der Waals surface area contributed by atoms with Crippen molar-refractivity contribution in [1.82, 2.24) is 9.78 Å². The Balaban J connectivity index is 2.18. The van der Waals surface area contributed by atoms with Gasteiger partial charge in [-0.05, 0) is 30.2 Å². The van der Waals surface area contributed by atoms with Crippen LogP contribution in [0.5, 0.6) is 0 Å². The van der Waals surface area contributed by atoms with E-state index in [2.05, 4.69) is 17.3 Å². The molecule has 0 saturated heterocycles. The molecule has 0 spiro atoms. The molecule has 0 amide bonds. The quantitative estimate of drug-likeness (QED) is 0.732. The first kappa shape index (κ1) is 15.1. The molecular formula is C16H21N3O2. The van der Waals surface area contributed by atoms with Crippen molar-refractivity contribution < 1.29 is 9.90 Å². The van der Waals surface area contributed by atoms with Gasteiger partial charge in [-0.2, -0.15) is 5.10 Å². The van der Waals surface area contributed by atoms with Crippen molar-refractivity contribution in [1.29, 1.82) is 0 Å². The molecule has 5 nitrogen and oxygen atoms in total. The van der Waals surface area contributed by atoms with Gasteiger partial charge in [-0.25, -0.2) is 4.68 Å². The van der Waals surface area contributed by atoms with Gasteiger partial charge in [0.25, 0.3) is 0 Å². The molecule has 0 atom stereocenters. The molecule has 5 heteroatoms.